The molecule has 0 bridgehead atoms. The third-order valence-electron chi connectivity index (χ3n) is 5.91. The Bertz CT molecular complexity index is 947. The number of aromatic nitrogens is 1. The summed E-state index contributed by atoms with van der Waals surface area (Å²) in [5, 5.41) is 0. The number of piperazine rings is 1. The summed E-state index contributed by atoms with van der Waals surface area (Å²) in [6.07, 6.45) is 1.95. The summed E-state index contributed by atoms with van der Waals surface area (Å²) in [6.45, 7) is 7.66. The SMILES string of the molecule is COc1cccc(C(=O)N2CCN(C(=O)c3ccc(N4C[C@@H](C)O[C@@H](C)C4)nc3)CC2)c1. The van der Waals surface area contributed by atoms with E-state index in [1.165, 1.54) is 0 Å². The first-order valence-corrected chi connectivity index (χ1v) is 11.0. The van der Waals surface area contributed by atoms with E-state index in [-0.39, 0.29) is 24.0 Å². The molecule has 8 nitrogen and oxygen atoms in total. The van der Waals surface area contributed by atoms with Gasteiger partial charge >= 0.3 is 0 Å². The van der Waals surface area contributed by atoms with E-state index in [0.29, 0.717) is 43.1 Å². The van der Waals surface area contributed by atoms with Crippen molar-refractivity contribution in [2.45, 2.75) is 26.1 Å². The van der Waals surface area contributed by atoms with Gasteiger partial charge in [0.15, 0.2) is 0 Å². The number of benzene rings is 1. The average molecular weight is 439 g/mol. The van der Waals surface area contributed by atoms with Crippen molar-refractivity contribution in [3.8, 4) is 5.75 Å². The van der Waals surface area contributed by atoms with Crippen molar-refractivity contribution in [1.82, 2.24) is 14.8 Å². The van der Waals surface area contributed by atoms with Crippen LogP contribution in [0.1, 0.15) is 34.6 Å². The number of rotatable bonds is 4. The van der Waals surface area contributed by atoms with Gasteiger partial charge in [0, 0.05) is 51.0 Å². The molecule has 2 aliphatic rings. The summed E-state index contributed by atoms with van der Waals surface area (Å²) in [5.74, 6) is 1.41. The molecule has 2 atom stereocenters. The lowest BCUT2D eigenvalue weighted by molar-refractivity contribution is -0.00546. The molecule has 2 fully saturated rings. The Balaban J connectivity index is 1.34. The Hall–Kier alpha value is -3.13. The highest BCUT2D eigenvalue weighted by Gasteiger charge is 2.27. The summed E-state index contributed by atoms with van der Waals surface area (Å²) in [7, 11) is 1.58. The van der Waals surface area contributed by atoms with Gasteiger partial charge in [-0.3, -0.25) is 9.59 Å². The van der Waals surface area contributed by atoms with Gasteiger partial charge in [0.05, 0.1) is 24.9 Å². The van der Waals surface area contributed by atoms with E-state index in [0.717, 1.165) is 18.9 Å². The van der Waals surface area contributed by atoms with Gasteiger partial charge in [-0.05, 0) is 44.2 Å². The number of carbonyl (C=O) groups excluding carboxylic acids is 2. The molecule has 0 N–H and O–H groups in total. The topological polar surface area (TPSA) is 75.2 Å². The van der Waals surface area contributed by atoms with Gasteiger partial charge in [-0.25, -0.2) is 4.98 Å². The van der Waals surface area contributed by atoms with E-state index in [4.69, 9.17) is 9.47 Å². The molecule has 8 heteroatoms. The van der Waals surface area contributed by atoms with Crippen LogP contribution in [0.25, 0.3) is 0 Å². The van der Waals surface area contributed by atoms with Crippen LogP contribution < -0.4 is 9.64 Å². The van der Waals surface area contributed by atoms with E-state index in [1.54, 1.807) is 41.3 Å². The minimum absolute atomic E-state index is 0.0454. The van der Waals surface area contributed by atoms with Crippen LogP contribution in [0.2, 0.25) is 0 Å². The van der Waals surface area contributed by atoms with E-state index >= 15 is 0 Å². The quantitative estimate of drug-likeness (QED) is 0.729. The number of pyridine rings is 1. The second-order valence-corrected chi connectivity index (χ2v) is 8.38. The molecule has 2 saturated heterocycles. The molecule has 0 saturated carbocycles. The number of anilines is 1. The molecular formula is C24H30N4O4. The van der Waals surface area contributed by atoms with Crippen LogP contribution in [0.3, 0.4) is 0 Å². The maximum Gasteiger partial charge on any atom is 0.255 e. The second kappa shape index (κ2) is 9.56. The Morgan fingerprint density at radius 1 is 0.938 bits per heavy atom. The first-order valence-electron chi connectivity index (χ1n) is 11.0. The molecule has 3 heterocycles. The van der Waals surface area contributed by atoms with E-state index in [1.807, 2.05) is 18.2 Å². The van der Waals surface area contributed by atoms with Crippen molar-refractivity contribution in [3.63, 3.8) is 0 Å². The Morgan fingerprint density at radius 2 is 1.56 bits per heavy atom. The van der Waals surface area contributed by atoms with E-state index in [9.17, 15) is 9.59 Å². The van der Waals surface area contributed by atoms with Crippen LogP contribution in [0.4, 0.5) is 5.82 Å². The molecule has 2 amide bonds. The molecule has 32 heavy (non-hydrogen) atoms. The molecule has 2 aliphatic heterocycles. The maximum atomic E-state index is 13.0. The molecule has 1 aromatic carbocycles. The van der Waals surface area contributed by atoms with Crippen molar-refractivity contribution in [2.75, 3.05) is 51.3 Å². The lowest BCUT2D eigenvalue weighted by Gasteiger charge is -2.36. The number of hydrogen-bond donors (Lipinski definition) is 0. The smallest absolute Gasteiger partial charge is 0.255 e. The van der Waals surface area contributed by atoms with Crippen LogP contribution in [0.15, 0.2) is 42.6 Å². The van der Waals surface area contributed by atoms with Crippen molar-refractivity contribution >= 4 is 17.6 Å². The zero-order valence-electron chi connectivity index (χ0n) is 18.9. The molecule has 1 aromatic heterocycles. The lowest BCUT2D eigenvalue weighted by atomic mass is 10.1. The fraction of sp³-hybridized carbons (Fsp3) is 0.458. The van der Waals surface area contributed by atoms with Crippen molar-refractivity contribution < 1.29 is 19.1 Å². The van der Waals surface area contributed by atoms with Gasteiger partial charge in [-0.1, -0.05) is 6.07 Å². The molecule has 0 spiro atoms. The molecule has 0 radical (unpaired) electrons. The number of ether oxygens (including phenoxy) is 2. The summed E-state index contributed by atoms with van der Waals surface area (Å²) < 4.78 is 11.0. The standard InChI is InChI=1S/C24H30N4O4/c1-17-15-28(16-18(2)32-17)22-8-7-20(14-25-22)24(30)27-11-9-26(10-12-27)23(29)19-5-4-6-21(13-19)31-3/h4-8,13-14,17-18H,9-12,15-16H2,1-3H3/t17-,18+. The fourth-order valence-corrected chi connectivity index (χ4v) is 4.30. The van der Waals surface area contributed by atoms with Crippen molar-refractivity contribution in [3.05, 3.63) is 53.7 Å². The highest BCUT2D eigenvalue weighted by atomic mass is 16.5. The Kier molecular flexibility index (Phi) is 6.60. The number of morpholine rings is 1. The van der Waals surface area contributed by atoms with Crippen LogP contribution in [0.5, 0.6) is 5.75 Å². The molecule has 0 aliphatic carbocycles. The monoisotopic (exact) mass is 438 g/mol. The number of amides is 2. The van der Waals surface area contributed by atoms with Crippen LogP contribution in [-0.4, -0.2) is 85.2 Å². The lowest BCUT2D eigenvalue weighted by Crippen LogP contribution is -2.50. The normalized spacial score (nSPS) is 21.4. The number of nitrogens with zero attached hydrogens (tertiary/aromatic N) is 4. The largest absolute Gasteiger partial charge is 0.497 e. The van der Waals surface area contributed by atoms with Gasteiger partial charge in [0.1, 0.15) is 11.6 Å². The zero-order valence-corrected chi connectivity index (χ0v) is 18.9. The van der Waals surface area contributed by atoms with Crippen LogP contribution >= 0.6 is 0 Å². The maximum absolute atomic E-state index is 13.0. The predicted octanol–water partition coefficient (Wildman–Crippen LogP) is 2.30. The first-order chi connectivity index (χ1) is 15.4. The molecule has 0 unspecified atom stereocenters. The molecular weight excluding hydrogens is 408 g/mol. The van der Waals surface area contributed by atoms with Gasteiger partial charge in [-0.2, -0.15) is 0 Å². The molecule has 2 aromatic rings. The molecule has 4 rings (SSSR count). The summed E-state index contributed by atoms with van der Waals surface area (Å²) in [6, 6.07) is 10.9. The van der Waals surface area contributed by atoms with E-state index in [2.05, 4.69) is 23.7 Å². The summed E-state index contributed by atoms with van der Waals surface area (Å²) in [5.41, 5.74) is 1.16. The summed E-state index contributed by atoms with van der Waals surface area (Å²) in [4.78, 5) is 36.0. The highest BCUT2D eigenvalue weighted by Crippen LogP contribution is 2.20. The average Bonchev–Trinajstić information content (AvgIpc) is 2.83. The van der Waals surface area contributed by atoms with Crippen molar-refractivity contribution in [1.29, 1.82) is 0 Å². The third kappa shape index (κ3) is 4.85. The Labute approximate surface area is 188 Å². The second-order valence-electron chi connectivity index (χ2n) is 8.38. The minimum Gasteiger partial charge on any atom is -0.497 e. The Morgan fingerprint density at radius 3 is 2.12 bits per heavy atom. The van der Waals surface area contributed by atoms with E-state index < -0.39 is 0 Å². The van der Waals surface area contributed by atoms with Gasteiger partial charge < -0.3 is 24.2 Å². The highest BCUT2D eigenvalue weighted by molar-refractivity contribution is 5.96. The minimum atomic E-state index is -0.0544. The third-order valence-corrected chi connectivity index (χ3v) is 5.91. The van der Waals surface area contributed by atoms with Crippen LogP contribution in [-0.2, 0) is 4.74 Å². The van der Waals surface area contributed by atoms with Gasteiger partial charge in [0.2, 0.25) is 0 Å². The van der Waals surface area contributed by atoms with Crippen molar-refractivity contribution in [2.24, 2.45) is 0 Å². The van der Waals surface area contributed by atoms with Crippen LogP contribution in [0, 0.1) is 0 Å². The first kappa shape index (κ1) is 22.1. The number of hydrogen-bond acceptors (Lipinski definition) is 6. The fourth-order valence-electron chi connectivity index (χ4n) is 4.30. The molecule has 170 valence electrons. The summed E-state index contributed by atoms with van der Waals surface area (Å²) >= 11 is 0. The van der Waals surface area contributed by atoms with Gasteiger partial charge in [0.25, 0.3) is 11.8 Å². The predicted molar refractivity (Wildman–Crippen MR) is 121 cm³/mol. The van der Waals surface area contributed by atoms with Gasteiger partial charge in [-0.15, -0.1) is 0 Å². The number of carbonyl (C=O) groups is 2. The zero-order chi connectivity index (χ0) is 22.7. The number of methoxy groups -OCH3 is 1.